The van der Waals surface area contributed by atoms with Crippen LogP contribution in [-0.2, 0) is 43.2 Å². The van der Waals surface area contributed by atoms with E-state index in [0.29, 0.717) is 71.2 Å². The number of carbonyl (C=O) groups excluding carboxylic acids is 5. The normalized spacial score (nSPS) is 16.8. The molecule has 0 saturated carbocycles. The van der Waals surface area contributed by atoms with Gasteiger partial charge in [-0.3, -0.25) is 24.0 Å². The quantitative estimate of drug-likeness (QED) is 0.109. The Hall–Kier alpha value is -5.07. The minimum atomic E-state index is -0.996. The maximum atomic E-state index is 14.1. The zero-order valence-electron chi connectivity index (χ0n) is 34.2. The van der Waals surface area contributed by atoms with Gasteiger partial charge in [0.2, 0.25) is 29.5 Å². The van der Waals surface area contributed by atoms with Crippen LogP contribution in [-0.4, -0.2) is 96.2 Å². The predicted octanol–water partition coefficient (Wildman–Crippen LogP) is 3.51. The second-order valence-electron chi connectivity index (χ2n) is 16.6. The molecule has 3 aromatic carbocycles. The van der Waals surface area contributed by atoms with Gasteiger partial charge in [-0.25, -0.2) is 0 Å². The third-order valence-electron chi connectivity index (χ3n) is 11.5. The Balaban J connectivity index is 1.20. The van der Waals surface area contributed by atoms with Crippen LogP contribution in [0, 0.1) is 11.3 Å². The van der Waals surface area contributed by atoms with Crippen LogP contribution in [0.4, 0.5) is 0 Å². The summed E-state index contributed by atoms with van der Waals surface area (Å²) in [6.45, 7) is 6.91. The van der Waals surface area contributed by atoms with Crippen LogP contribution in [0.15, 0.2) is 91.0 Å². The van der Waals surface area contributed by atoms with E-state index < -0.39 is 41.9 Å². The van der Waals surface area contributed by atoms with Crippen molar-refractivity contribution < 1.29 is 24.0 Å². The lowest BCUT2D eigenvalue weighted by molar-refractivity contribution is -0.153. The van der Waals surface area contributed by atoms with Crippen molar-refractivity contribution in [3.05, 3.63) is 108 Å². The van der Waals surface area contributed by atoms with Crippen molar-refractivity contribution in [3.8, 4) is 0 Å². The van der Waals surface area contributed by atoms with Gasteiger partial charge in [0.05, 0.1) is 6.04 Å². The fraction of sp³-hybridized carbons (Fsp3) is 0.500. The van der Waals surface area contributed by atoms with E-state index in [1.165, 1.54) is 0 Å². The van der Waals surface area contributed by atoms with Crippen molar-refractivity contribution in [2.75, 3.05) is 32.7 Å². The van der Waals surface area contributed by atoms with Gasteiger partial charge in [-0.2, -0.15) is 0 Å². The lowest BCUT2D eigenvalue weighted by atomic mass is 9.71. The molecule has 0 radical (unpaired) electrons. The summed E-state index contributed by atoms with van der Waals surface area (Å²) < 4.78 is 0. The Morgan fingerprint density at radius 2 is 1.17 bits per heavy atom. The largest absolute Gasteiger partial charge is 0.343 e. The third-order valence-corrected chi connectivity index (χ3v) is 11.5. The molecule has 7 N–H and O–H groups in total. The Morgan fingerprint density at radius 1 is 0.655 bits per heavy atom. The summed E-state index contributed by atoms with van der Waals surface area (Å²) in [7, 11) is 0. The molecule has 0 unspecified atom stereocenters. The number of hydrogen-bond donors (Lipinski definition) is 5. The van der Waals surface area contributed by atoms with E-state index in [4.69, 9.17) is 11.5 Å². The average molecular weight is 794 g/mol. The van der Waals surface area contributed by atoms with Crippen LogP contribution in [0.1, 0.15) is 75.5 Å². The third kappa shape index (κ3) is 13.0. The fourth-order valence-corrected chi connectivity index (χ4v) is 8.04. The number of nitrogens with one attached hydrogen (secondary N) is 3. The molecule has 312 valence electrons. The van der Waals surface area contributed by atoms with Crippen molar-refractivity contribution in [2.45, 2.75) is 102 Å². The molecule has 0 aromatic heterocycles. The molecule has 12 nitrogen and oxygen atoms in total. The fourth-order valence-electron chi connectivity index (χ4n) is 8.04. The standard InChI is InChI=1S/C46H63N7O5/c1-33(2)28-39(51-44(57)40(30-36-18-10-5-11-19-36)50-42(55)37(48)29-35-16-8-4-9-17-35)43(56)49-38(20-12-13-25-47)45(58)53-31-46(32-53)23-26-52(27-24-46)41(54)22-21-34-14-6-3-7-15-34/h3-11,14-19,33,37-40H,12-13,20-32,47-48H2,1-2H3,(H,49,56)(H,50,55)(H,51,57)/t37-,38-,39-,40-/m1/s1. The smallest absolute Gasteiger partial charge is 0.245 e. The molecule has 4 atom stereocenters. The number of aryl methyl sites for hydroxylation is 1. The Bertz CT molecular complexity index is 1780. The minimum absolute atomic E-state index is 0.0341. The van der Waals surface area contributed by atoms with E-state index in [1.807, 2.05) is 115 Å². The van der Waals surface area contributed by atoms with E-state index in [9.17, 15) is 24.0 Å². The number of piperidine rings is 1. The van der Waals surface area contributed by atoms with Crippen molar-refractivity contribution in [1.82, 2.24) is 25.8 Å². The number of amides is 5. The molecule has 1 spiro atoms. The number of hydrogen-bond acceptors (Lipinski definition) is 7. The second kappa shape index (κ2) is 21.6. The van der Waals surface area contributed by atoms with E-state index >= 15 is 0 Å². The molecule has 2 aliphatic heterocycles. The zero-order valence-corrected chi connectivity index (χ0v) is 34.2. The molecule has 2 fully saturated rings. The summed E-state index contributed by atoms with van der Waals surface area (Å²) in [6, 6.07) is 25.2. The summed E-state index contributed by atoms with van der Waals surface area (Å²) in [5.41, 5.74) is 15.0. The molecule has 2 saturated heterocycles. The first-order valence-electron chi connectivity index (χ1n) is 21.0. The summed E-state index contributed by atoms with van der Waals surface area (Å²) in [5, 5.41) is 8.79. The Morgan fingerprint density at radius 3 is 1.74 bits per heavy atom. The predicted molar refractivity (Wildman–Crippen MR) is 226 cm³/mol. The van der Waals surface area contributed by atoms with Crippen molar-refractivity contribution >= 4 is 29.5 Å². The van der Waals surface area contributed by atoms with Gasteiger partial charge < -0.3 is 37.2 Å². The van der Waals surface area contributed by atoms with E-state index in [2.05, 4.69) is 16.0 Å². The van der Waals surface area contributed by atoms with Crippen LogP contribution >= 0.6 is 0 Å². The molecule has 58 heavy (non-hydrogen) atoms. The highest BCUT2D eigenvalue weighted by molar-refractivity contribution is 5.95. The maximum absolute atomic E-state index is 14.1. The van der Waals surface area contributed by atoms with E-state index in [-0.39, 0.29) is 29.6 Å². The van der Waals surface area contributed by atoms with E-state index in [0.717, 1.165) is 36.0 Å². The molecule has 0 bridgehead atoms. The molecule has 2 aliphatic rings. The number of benzene rings is 3. The molecule has 0 aliphatic carbocycles. The molecular weight excluding hydrogens is 731 g/mol. The average Bonchev–Trinajstić information content (AvgIpc) is 3.21. The van der Waals surface area contributed by atoms with Crippen molar-refractivity contribution in [1.29, 1.82) is 0 Å². The van der Waals surface area contributed by atoms with Crippen LogP contribution < -0.4 is 27.4 Å². The minimum Gasteiger partial charge on any atom is -0.343 e. The van der Waals surface area contributed by atoms with Gasteiger partial charge >= 0.3 is 0 Å². The molecule has 5 rings (SSSR count). The van der Waals surface area contributed by atoms with Crippen molar-refractivity contribution in [2.24, 2.45) is 22.8 Å². The first-order valence-corrected chi connectivity index (χ1v) is 21.0. The number of nitrogens with two attached hydrogens (primary N) is 2. The Labute approximate surface area is 343 Å². The first kappa shape index (κ1) is 44.0. The number of nitrogens with zero attached hydrogens (tertiary/aromatic N) is 2. The summed E-state index contributed by atoms with van der Waals surface area (Å²) in [4.78, 5) is 72.3. The van der Waals surface area contributed by atoms with Crippen LogP contribution in [0.3, 0.4) is 0 Å². The Kier molecular flexibility index (Phi) is 16.4. The molecule has 12 heteroatoms. The summed E-state index contributed by atoms with van der Waals surface area (Å²) in [6.07, 6.45) is 5.47. The molecule has 2 heterocycles. The lowest BCUT2D eigenvalue weighted by Crippen LogP contribution is -2.65. The van der Waals surface area contributed by atoms with Gasteiger partial charge in [0, 0.05) is 44.4 Å². The van der Waals surface area contributed by atoms with Crippen LogP contribution in [0.25, 0.3) is 0 Å². The molecule has 3 aromatic rings. The highest BCUT2D eigenvalue weighted by Gasteiger charge is 2.48. The van der Waals surface area contributed by atoms with Crippen LogP contribution in [0.5, 0.6) is 0 Å². The second-order valence-corrected chi connectivity index (χ2v) is 16.6. The summed E-state index contributed by atoms with van der Waals surface area (Å²) >= 11 is 0. The SMILES string of the molecule is CC(C)C[C@@H](NC(=O)[C@@H](Cc1ccccc1)NC(=O)[C@H](N)Cc1ccccc1)C(=O)N[C@H](CCCCN)C(=O)N1CC2(CCN(C(=O)CCc3ccccc3)CC2)C1. The van der Waals surface area contributed by atoms with Crippen molar-refractivity contribution in [3.63, 3.8) is 0 Å². The lowest BCUT2D eigenvalue weighted by Gasteiger charge is -2.54. The van der Waals surface area contributed by atoms with Gasteiger partial charge in [0.1, 0.15) is 18.1 Å². The highest BCUT2D eigenvalue weighted by atomic mass is 16.2. The van der Waals surface area contributed by atoms with Gasteiger partial charge in [-0.15, -0.1) is 0 Å². The number of unbranched alkanes of at least 4 members (excludes halogenated alkanes) is 1. The van der Waals surface area contributed by atoms with Gasteiger partial charge in [0.15, 0.2) is 0 Å². The summed E-state index contributed by atoms with van der Waals surface area (Å²) in [5.74, 6) is -1.37. The first-order chi connectivity index (χ1) is 27.9. The van der Waals surface area contributed by atoms with E-state index in [1.54, 1.807) is 0 Å². The van der Waals surface area contributed by atoms with Gasteiger partial charge in [0.25, 0.3) is 0 Å². The molecular formula is C46H63N7O5. The zero-order chi connectivity index (χ0) is 41.5. The number of likely N-dealkylation sites (tertiary alicyclic amines) is 2. The van der Waals surface area contributed by atoms with Gasteiger partial charge in [-0.05, 0) is 80.5 Å². The topological polar surface area (TPSA) is 180 Å². The molecule has 5 amide bonds. The highest BCUT2D eigenvalue weighted by Crippen LogP contribution is 2.41. The van der Waals surface area contributed by atoms with Gasteiger partial charge in [-0.1, -0.05) is 105 Å². The monoisotopic (exact) mass is 793 g/mol. The number of carbonyl (C=O) groups is 5. The maximum Gasteiger partial charge on any atom is 0.245 e. The van der Waals surface area contributed by atoms with Crippen LogP contribution in [0.2, 0.25) is 0 Å². The number of rotatable bonds is 20.